The summed E-state index contributed by atoms with van der Waals surface area (Å²) in [7, 11) is 0. The Hall–Kier alpha value is -2.68. The van der Waals surface area contributed by atoms with Crippen molar-refractivity contribution >= 4 is 22.9 Å². The summed E-state index contributed by atoms with van der Waals surface area (Å²) < 4.78 is 5.38. The van der Waals surface area contributed by atoms with Crippen LogP contribution < -0.4 is 0 Å². The predicted octanol–water partition coefficient (Wildman–Crippen LogP) is 3.50. The van der Waals surface area contributed by atoms with E-state index < -0.39 is 6.10 Å². The summed E-state index contributed by atoms with van der Waals surface area (Å²) in [6, 6.07) is 19.2. The Morgan fingerprint density at radius 1 is 0.955 bits per heavy atom. The highest BCUT2D eigenvalue weighted by Crippen LogP contribution is 2.39. The summed E-state index contributed by atoms with van der Waals surface area (Å²) in [6.07, 6.45) is -0.309. The molecule has 110 valence electrons. The average molecular weight is 292 g/mol. The molecule has 0 heterocycles. The molecule has 1 unspecified atom stereocenters. The SMILES string of the molecule is CC(=O)OC1CC(=O)C(c2ccccc2)=C1c1ccccc1. The lowest BCUT2D eigenvalue weighted by Crippen LogP contribution is -2.16. The third kappa shape index (κ3) is 2.70. The van der Waals surface area contributed by atoms with Crippen LogP contribution in [-0.2, 0) is 14.3 Å². The molecule has 0 amide bonds. The Morgan fingerprint density at radius 2 is 1.50 bits per heavy atom. The lowest BCUT2D eigenvalue weighted by molar-refractivity contribution is -0.144. The van der Waals surface area contributed by atoms with Gasteiger partial charge < -0.3 is 4.74 Å². The first-order valence-electron chi connectivity index (χ1n) is 7.22. The van der Waals surface area contributed by atoms with Crippen LogP contribution in [0.3, 0.4) is 0 Å². The highest BCUT2D eigenvalue weighted by atomic mass is 16.5. The highest BCUT2D eigenvalue weighted by molar-refractivity contribution is 6.32. The van der Waals surface area contributed by atoms with Crippen molar-refractivity contribution in [3.8, 4) is 0 Å². The Kier molecular flexibility index (Phi) is 3.88. The third-order valence-corrected chi connectivity index (χ3v) is 3.70. The van der Waals surface area contributed by atoms with Gasteiger partial charge in [0.1, 0.15) is 6.10 Å². The number of hydrogen-bond donors (Lipinski definition) is 0. The number of ether oxygens (including phenoxy) is 1. The van der Waals surface area contributed by atoms with Crippen LogP contribution in [0.25, 0.3) is 11.1 Å². The fourth-order valence-corrected chi connectivity index (χ4v) is 2.85. The van der Waals surface area contributed by atoms with Crippen molar-refractivity contribution in [3.63, 3.8) is 0 Å². The minimum atomic E-state index is -0.511. The fraction of sp³-hybridized carbons (Fsp3) is 0.158. The van der Waals surface area contributed by atoms with Gasteiger partial charge >= 0.3 is 5.97 Å². The quantitative estimate of drug-likeness (QED) is 0.813. The van der Waals surface area contributed by atoms with Gasteiger partial charge in [0.15, 0.2) is 5.78 Å². The number of ketones is 1. The average Bonchev–Trinajstić information content (AvgIpc) is 2.84. The van der Waals surface area contributed by atoms with E-state index in [0.717, 1.165) is 16.7 Å². The second-order valence-electron chi connectivity index (χ2n) is 5.25. The van der Waals surface area contributed by atoms with Gasteiger partial charge in [-0.25, -0.2) is 0 Å². The Morgan fingerprint density at radius 3 is 2.05 bits per heavy atom. The number of allylic oxidation sites excluding steroid dienone is 1. The van der Waals surface area contributed by atoms with Crippen molar-refractivity contribution in [2.45, 2.75) is 19.4 Å². The molecule has 0 fully saturated rings. The molecule has 3 nitrogen and oxygen atoms in total. The molecule has 0 saturated carbocycles. The molecule has 0 N–H and O–H groups in total. The standard InChI is InChI=1S/C19H16O3/c1-13(20)22-17-12-16(21)18(14-8-4-2-5-9-14)19(17)15-10-6-3-7-11-15/h2-11,17H,12H2,1H3. The first kappa shape index (κ1) is 14.3. The van der Waals surface area contributed by atoms with Crippen molar-refractivity contribution in [1.29, 1.82) is 0 Å². The summed E-state index contributed by atoms with van der Waals surface area (Å²) in [5, 5.41) is 0. The number of carbonyl (C=O) groups excluding carboxylic acids is 2. The van der Waals surface area contributed by atoms with E-state index in [2.05, 4.69) is 0 Å². The molecule has 0 aliphatic heterocycles. The molecule has 0 spiro atoms. The minimum absolute atomic E-state index is 0.0105. The molecule has 1 aliphatic rings. The maximum atomic E-state index is 12.5. The maximum absolute atomic E-state index is 12.5. The monoisotopic (exact) mass is 292 g/mol. The lowest BCUT2D eigenvalue weighted by atomic mass is 9.96. The van der Waals surface area contributed by atoms with Crippen molar-refractivity contribution in [1.82, 2.24) is 0 Å². The summed E-state index contributed by atoms with van der Waals surface area (Å²) >= 11 is 0. The second-order valence-corrected chi connectivity index (χ2v) is 5.25. The van der Waals surface area contributed by atoms with Crippen LogP contribution in [0.5, 0.6) is 0 Å². The molecule has 1 aliphatic carbocycles. The Balaban J connectivity index is 2.17. The molecule has 0 radical (unpaired) electrons. The van der Waals surface area contributed by atoms with Gasteiger partial charge in [-0.05, 0) is 11.1 Å². The number of esters is 1. The van der Waals surface area contributed by atoms with Gasteiger partial charge in [0, 0.05) is 18.1 Å². The molecule has 3 rings (SSSR count). The Bertz CT molecular complexity index is 730. The van der Waals surface area contributed by atoms with E-state index in [9.17, 15) is 9.59 Å². The molecule has 2 aromatic rings. The van der Waals surface area contributed by atoms with E-state index in [0.29, 0.717) is 5.57 Å². The van der Waals surface area contributed by atoms with Gasteiger partial charge in [0.25, 0.3) is 0 Å². The fourth-order valence-electron chi connectivity index (χ4n) is 2.85. The van der Waals surface area contributed by atoms with Crippen molar-refractivity contribution < 1.29 is 14.3 Å². The van der Waals surface area contributed by atoms with Crippen LogP contribution in [0.1, 0.15) is 24.5 Å². The van der Waals surface area contributed by atoms with Crippen LogP contribution in [0, 0.1) is 0 Å². The summed E-state index contributed by atoms with van der Waals surface area (Å²) in [4.78, 5) is 23.9. The normalized spacial score (nSPS) is 17.7. The van der Waals surface area contributed by atoms with Crippen LogP contribution in [0.2, 0.25) is 0 Å². The third-order valence-electron chi connectivity index (χ3n) is 3.70. The van der Waals surface area contributed by atoms with Gasteiger partial charge in [-0.15, -0.1) is 0 Å². The first-order chi connectivity index (χ1) is 10.7. The van der Waals surface area contributed by atoms with E-state index in [-0.39, 0.29) is 18.2 Å². The van der Waals surface area contributed by atoms with Gasteiger partial charge in [-0.1, -0.05) is 60.7 Å². The molecule has 22 heavy (non-hydrogen) atoms. The molecule has 0 bridgehead atoms. The summed E-state index contributed by atoms with van der Waals surface area (Å²) in [6.45, 7) is 1.37. The van der Waals surface area contributed by atoms with Crippen molar-refractivity contribution in [2.75, 3.05) is 0 Å². The van der Waals surface area contributed by atoms with Gasteiger partial charge in [-0.3, -0.25) is 9.59 Å². The predicted molar refractivity (Wildman–Crippen MR) is 84.9 cm³/mol. The molecular weight excluding hydrogens is 276 g/mol. The smallest absolute Gasteiger partial charge is 0.303 e. The molecule has 1 atom stereocenters. The second kappa shape index (κ2) is 5.98. The number of rotatable bonds is 3. The van der Waals surface area contributed by atoms with Crippen LogP contribution in [-0.4, -0.2) is 17.9 Å². The lowest BCUT2D eigenvalue weighted by Gasteiger charge is -2.15. The van der Waals surface area contributed by atoms with E-state index >= 15 is 0 Å². The van der Waals surface area contributed by atoms with Crippen LogP contribution >= 0.6 is 0 Å². The zero-order valence-electron chi connectivity index (χ0n) is 12.3. The molecule has 3 heteroatoms. The van der Waals surface area contributed by atoms with Gasteiger partial charge in [-0.2, -0.15) is 0 Å². The van der Waals surface area contributed by atoms with Gasteiger partial charge in [0.05, 0.1) is 6.42 Å². The largest absolute Gasteiger partial charge is 0.457 e. The molecule has 0 aromatic heterocycles. The Labute approximate surface area is 129 Å². The van der Waals surface area contributed by atoms with E-state index in [1.807, 2.05) is 60.7 Å². The van der Waals surface area contributed by atoms with E-state index in [1.165, 1.54) is 6.92 Å². The van der Waals surface area contributed by atoms with E-state index in [1.54, 1.807) is 0 Å². The molecule has 0 saturated heterocycles. The van der Waals surface area contributed by atoms with Crippen LogP contribution in [0.15, 0.2) is 60.7 Å². The number of hydrogen-bond acceptors (Lipinski definition) is 3. The summed E-state index contributed by atoms with van der Waals surface area (Å²) in [5.74, 6) is -0.364. The summed E-state index contributed by atoms with van der Waals surface area (Å²) in [5.41, 5.74) is 3.23. The maximum Gasteiger partial charge on any atom is 0.303 e. The zero-order valence-corrected chi connectivity index (χ0v) is 12.3. The molecule has 2 aromatic carbocycles. The topological polar surface area (TPSA) is 43.4 Å². The number of Topliss-reactive ketones (excluding diaryl/α,β-unsaturated/α-hetero) is 1. The highest BCUT2D eigenvalue weighted by Gasteiger charge is 2.35. The van der Waals surface area contributed by atoms with Crippen LogP contribution in [0.4, 0.5) is 0 Å². The van der Waals surface area contributed by atoms with E-state index in [4.69, 9.17) is 4.74 Å². The zero-order chi connectivity index (χ0) is 15.5. The van der Waals surface area contributed by atoms with Crippen molar-refractivity contribution in [2.24, 2.45) is 0 Å². The van der Waals surface area contributed by atoms with Gasteiger partial charge in [0.2, 0.25) is 0 Å². The van der Waals surface area contributed by atoms with Crippen molar-refractivity contribution in [3.05, 3.63) is 71.8 Å². The number of benzene rings is 2. The minimum Gasteiger partial charge on any atom is -0.457 e. The first-order valence-corrected chi connectivity index (χ1v) is 7.22. The molecular formula is C19H16O3. The number of carbonyl (C=O) groups is 2.